The summed E-state index contributed by atoms with van der Waals surface area (Å²) in [6.45, 7) is 3.68. The van der Waals surface area contributed by atoms with Crippen LogP contribution in [0.3, 0.4) is 0 Å². The van der Waals surface area contributed by atoms with E-state index in [0.717, 1.165) is 38.6 Å². The van der Waals surface area contributed by atoms with Crippen LogP contribution in [0.5, 0.6) is 0 Å². The fourth-order valence-electron chi connectivity index (χ4n) is 9.46. The summed E-state index contributed by atoms with van der Waals surface area (Å²) in [6.07, 6.45) is 10.3. The standard InChI is InChI=1S/C34H63N3O8/c1-20-3-6-23(11-22-9-10-36-33(35)13-22)27(37-20)18-43-32-15-24(14-31(42-2)34(32)41)29-17-25(39)16-26(45-29)7-4-21-5-8-28(40)30(12-21)44-19-38/h20-34,36-41H,3-19,35H2,1-2H3/p+2. The van der Waals surface area contributed by atoms with Crippen LogP contribution in [-0.4, -0.2) is 115 Å². The van der Waals surface area contributed by atoms with Crippen molar-refractivity contribution in [2.24, 2.45) is 29.4 Å². The Morgan fingerprint density at radius 3 is 2.44 bits per heavy atom. The van der Waals surface area contributed by atoms with E-state index in [-0.39, 0.29) is 49.4 Å². The van der Waals surface area contributed by atoms with Crippen LogP contribution in [0.1, 0.15) is 96.8 Å². The minimum Gasteiger partial charge on any atom is -0.393 e. The third kappa shape index (κ3) is 10.0. The van der Waals surface area contributed by atoms with E-state index in [1.165, 1.54) is 25.7 Å². The first-order valence-electron chi connectivity index (χ1n) is 18.2. The number of hydrogen-bond donors (Lipinski definition) is 7. The molecule has 0 amide bonds. The second kappa shape index (κ2) is 17.3. The lowest BCUT2D eigenvalue weighted by Crippen LogP contribution is -2.98. The van der Waals surface area contributed by atoms with Gasteiger partial charge in [0.15, 0.2) is 0 Å². The summed E-state index contributed by atoms with van der Waals surface area (Å²) in [5.74, 6) is 1.83. The number of aliphatic hydroxyl groups excluding tert-OH is 4. The molecule has 15 atom stereocenters. The van der Waals surface area contributed by atoms with E-state index in [4.69, 9.17) is 24.7 Å². The van der Waals surface area contributed by atoms with Crippen LogP contribution in [0.15, 0.2) is 0 Å². The van der Waals surface area contributed by atoms with Crippen molar-refractivity contribution in [1.29, 1.82) is 0 Å². The molecule has 0 radical (unpaired) electrons. The normalized spacial score (nSPS) is 46.6. The Morgan fingerprint density at radius 2 is 1.67 bits per heavy atom. The van der Waals surface area contributed by atoms with Gasteiger partial charge in [-0.15, -0.1) is 0 Å². The van der Waals surface area contributed by atoms with Crippen LogP contribution < -0.4 is 16.4 Å². The van der Waals surface area contributed by atoms with Crippen LogP contribution in [0.25, 0.3) is 0 Å². The van der Waals surface area contributed by atoms with Gasteiger partial charge in [-0.3, -0.25) is 5.73 Å². The predicted molar refractivity (Wildman–Crippen MR) is 168 cm³/mol. The Bertz CT molecular complexity index is 873. The van der Waals surface area contributed by atoms with Gasteiger partial charge in [-0.25, -0.2) is 0 Å². The Hall–Kier alpha value is -0.440. The molecule has 0 spiro atoms. The highest BCUT2D eigenvalue weighted by Crippen LogP contribution is 2.39. The number of hydrogen-bond acceptors (Lipinski definition) is 9. The summed E-state index contributed by atoms with van der Waals surface area (Å²) < 4.78 is 24.5. The number of rotatable bonds is 12. The number of nitrogens with two attached hydrogens (primary N) is 3. The van der Waals surface area contributed by atoms with E-state index in [1.807, 2.05) is 0 Å². The van der Waals surface area contributed by atoms with Gasteiger partial charge in [0.1, 0.15) is 25.1 Å². The maximum absolute atomic E-state index is 11.3. The van der Waals surface area contributed by atoms with Crippen molar-refractivity contribution in [2.45, 2.75) is 164 Å². The van der Waals surface area contributed by atoms with Gasteiger partial charge < -0.3 is 50.0 Å². The molecule has 0 aromatic carbocycles. The molecular weight excluding hydrogens is 578 g/mol. The molecule has 5 fully saturated rings. The molecule has 2 aliphatic carbocycles. The van der Waals surface area contributed by atoms with Crippen LogP contribution in [0, 0.1) is 23.7 Å². The molecular formula is C34H65N3O8+2. The molecule has 11 nitrogen and oxygen atoms in total. The summed E-state index contributed by atoms with van der Waals surface area (Å²) in [5, 5.41) is 46.3. The number of methoxy groups -OCH3 is 1. The fraction of sp³-hybridized carbons (Fsp3) is 1.00. The molecule has 0 bridgehead atoms. The average molecular weight is 644 g/mol. The largest absolute Gasteiger partial charge is 0.393 e. The van der Waals surface area contributed by atoms with E-state index in [9.17, 15) is 20.4 Å². The molecule has 15 unspecified atom stereocenters. The lowest BCUT2D eigenvalue weighted by Gasteiger charge is -2.45. The van der Waals surface area contributed by atoms with Gasteiger partial charge >= 0.3 is 0 Å². The van der Waals surface area contributed by atoms with Crippen molar-refractivity contribution in [2.75, 3.05) is 27.1 Å². The molecule has 5 rings (SSSR count). The zero-order valence-corrected chi connectivity index (χ0v) is 27.8. The minimum atomic E-state index is -0.683. The lowest BCUT2D eigenvalue weighted by molar-refractivity contribution is -0.736. The van der Waals surface area contributed by atoms with Gasteiger partial charge in [0.05, 0.1) is 61.9 Å². The van der Waals surface area contributed by atoms with Gasteiger partial charge in [0.2, 0.25) is 0 Å². The van der Waals surface area contributed by atoms with E-state index in [0.29, 0.717) is 68.5 Å². The number of piperidine rings is 2. The van der Waals surface area contributed by atoms with Crippen LogP contribution >= 0.6 is 0 Å². The molecule has 5 aliphatic rings. The van der Waals surface area contributed by atoms with E-state index in [2.05, 4.69) is 17.6 Å². The molecule has 10 N–H and O–H groups in total. The van der Waals surface area contributed by atoms with Crippen LogP contribution in [0.4, 0.5) is 0 Å². The minimum absolute atomic E-state index is 0.0281. The van der Waals surface area contributed by atoms with E-state index < -0.39 is 18.3 Å². The molecule has 2 saturated carbocycles. The van der Waals surface area contributed by atoms with Gasteiger partial charge in [0, 0.05) is 19.4 Å². The van der Waals surface area contributed by atoms with Gasteiger partial charge in [-0.05, 0) is 108 Å². The average Bonchev–Trinajstić information content (AvgIpc) is 3.02. The second-order valence-corrected chi connectivity index (χ2v) is 15.4. The van der Waals surface area contributed by atoms with Crippen molar-refractivity contribution in [3.8, 4) is 0 Å². The highest BCUT2D eigenvalue weighted by molar-refractivity contribution is 4.94. The number of ether oxygens (including phenoxy) is 4. The third-order valence-electron chi connectivity index (χ3n) is 12.1. The maximum atomic E-state index is 11.3. The molecule has 0 aromatic heterocycles. The predicted octanol–water partition coefficient (Wildman–Crippen LogP) is -0.279. The Labute approximate surface area is 270 Å². The molecule has 45 heavy (non-hydrogen) atoms. The van der Waals surface area contributed by atoms with Crippen molar-refractivity contribution in [3.63, 3.8) is 0 Å². The Morgan fingerprint density at radius 1 is 0.844 bits per heavy atom. The van der Waals surface area contributed by atoms with Crippen LogP contribution in [0.2, 0.25) is 0 Å². The molecule has 11 heteroatoms. The summed E-state index contributed by atoms with van der Waals surface area (Å²) in [7, 11) is 1.67. The fourth-order valence-corrected chi connectivity index (χ4v) is 9.46. The summed E-state index contributed by atoms with van der Waals surface area (Å²) in [5.41, 5.74) is 6.27. The molecule has 262 valence electrons. The zero-order valence-electron chi connectivity index (χ0n) is 27.8. The van der Waals surface area contributed by atoms with Crippen molar-refractivity contribution in [1.82, 2.24) is 0 Å². The number of quaternary nitrogens is 2. The third-order valence-corrected chi connectivity index (χ3v) is 12.1. The van der Waals surface area contributed by atoms with Crippen molar-refractivity contribution < 1.29 is 50.0 Å². The highest BCUT2D eigenvalue weighted by atomic mass is 16.6. The smallest absolute Gasteiger partial charge is 0.144 e. The van der Waals surface area contributed by atoms with Gasteiger partial charge in [-0.1, -0.05) is 0 Å². The summed E-state index contributed by atoms with van der Waals surface area (Å²) >= 11 is 0. The summed E-state index contributed by atoms with van der Waals surface area (Å²) in [6, 6.07) is 0.957. The first-order valence-corrected chi connectivity index (χ1v) is 18.2. The topological polar surface area (TPSA) is 177 Å². The zero-order chi connectivity index (χ0) is 31.9. The maximum Gasteiger partial charge on any atom is 0.144 e. The molecule has 0 aromatic rings. The molecule has 3 aliphatic heterocycles. The van der Waals surface area contributed by atoms with E-state index >= 15 is 0 Å². The monoisotopic (exact) mass is 643 g/mol. The summed E-state index contributed by atoms with van der Waals surface area (Å²) in [4.78, 5) is 0. The SMILES string of the molecule is COC1CC(C2CC(O)CC(CCC3CCC(O)C(OCO)C3)O2)CC(OCC2[NH2+]C(C)CCC2CC2CC[NH2+]C(N)C2)C1O. The van der Waals surface area contributed by atoms with Crippen LogP contribution in [-0.2, 0) is 18.9 Å². The Kier molecular flexibility index (Phi) is 13.8. The van der Waals surface area contributed by atoms with E-state index in [1.54, 1.807) is 7.11 Å². The number of aliphatic hydroxyl groups is 4. The van der Waals surface area contributed by atoms with Crippen molar-refractivity contribution >= 4 is 0 Å². The second-order valence-electron chi connectivity index (χ2n) is 15.4. The molecule has 3 saturated heterocycles. The molecule has 3 heterocycles. The van der Waals surface area contributed by atoms with Crippen molar-refractivity contribution in [3.05, 3.63) is 0 Å². The first-order chi connectivity index (χ1) is 21.7. The first kappa shape index (κ1) is 35.9. The lowest BCUT2D eigenvalue weighted by atomic mass is 9.76. The quantitative estimate of drug-likeness (QED) is 0.141. The Balaban J connectivity index is 1.15. The highest BCUT2D eigenvalue weighted by Gasteiger charge is 2.45. The van der Waals surface area contributed by atoms with Gasteiger partial charge in [0.25, 0.3) is 0 Å². The van der Waals surface area contributed by atoms with Gasteiger partial charge in [-0.2, -0.15) is 0 Å².